The number of carbonyl (C=O) groups is 1. The quantitative estimate of drug-likeness (QED) is 0.727. The number of imidazole rings is 1. The van der Waals surface area contributed by atoms with Crippen LogP contribution in [-0.4, -0.2) is 31.7 Å². The van der Waals surface area contributed by atoms with E-state index < -0.39 is 17.7 Å². The lowest BCUT2D eigenvalue weighted by Crippen LogP contribution is -2.31. The largest absolute Gasteiger partial charge is 0.330 e. The van der Waals surface area contributed by atoms with Crippen LogP contribution < -0.4 is 0 Å². The highest BCUT2D eigenvalue weighted by molar-refractivity contribution is 5.93. The number of rotatable bonds is 2. The van der Waals surface area contributed by atoms with Crippen molar-refractivity contribution in [2.45, 2.75) is 18.9 Å². The maximum absolute atomic E-state index is 14.1. The van der Waals surface area contributed by atoms with E-state index in [1.807, 2.05) is 0 Å². The Hall–Kier alpha value is -2.83. The second kappa shape index (κ2) is 5.67. The molecule has 0 saturated carbocycles. The standard InChI is InChI=1S/C17H14F2N4O/c18-11-3-4-13(19)12(8-11)14-2-1-6-23(14)17(24)15-9-21-16-10-20-5-7-22(15)16/h3-5,7-10,14H,1-2,6H2. The van der Waals surface area contributed by atoms with Crippen molar-refractivity contribution in [3.8, 4) is 0 Å². The Kier molecular flexibility index (Phi) is 3.48. The molecule has 1 unspecified atom stereocenters. The molecule has 0 spiro atoms. The van der Waals surface area contributed by atoms with Gasteiger partial charge in [0.1, 0.15) is 17.3 Å². The van der Waals surface area contributed by atoms with E-state index in [1.54, 1.807) is 27.9 Å². The van der Waals surface area contributed by atoms with Crippen LogP contribution in [0.1, 0.15) is 34.9 Å². The van der Waals surface area contributed by atoms with Crippen molar-refractivity contribution in [2.75, 3.05) is 6.54 Å². The first-order chi connectivity index (χ1) is 11.6. The number of halogens is 2. The first-order valence-electron chi connectivity index (χ1n) is 7.68. The third-order valence-electron chi connectivity index (χ3n) is 4.37. The minimum Gasteiger partial charge on any atom is -0.330 e. The van der Waals surface area contributed by atoms with Crippen molar-refractivity contribution in [2.24, 2.45) is 0 Å². The first-order valence-corrected chi connectivity index (χ1v) is 7.68. The van der Waals surface area contributed by atoms with Gasteiger partial charge < -0.3 is 4.90 Å². The SMILES string of the molecule is O=C(c1cnc2cnccn12)N1CCCC1c1cc(F)ccc1F. The number of benzene rings is 1. The average Bonchev–Trinajstić information content (AvgIpc) is 3.23. The monoisotopic (exact) mass is 328 g/mol. The van der Waals surface area contributed by atoms with Crippen LogP contribution in [0.2, 0.25) is 0 Å². The van der Waals surface area contributed by atoms with Gasteiger partial charge in [0.25, 0.3) is 5.91 Å². The predicted molar refractivity (Wildman–Crippen MR) is 82.4 cm³/mol. The molecule has 122 valence electrons. The zero-order valence-corrected chi connectivity index (χ0v) is 12.7. The highest BCUT2D eigenvalue weighted by Crippen LogP contribution is 2.34. The Bertz CT molecular complexity index is 924. The highest BCUT2D eigenvalue weighted by Gasteiger charge is 2.33. The Morgan fingerprint density at radius 3 is 3.00 bits per heavy atom. The lowest BCUT2D eigenvalue weighted by Gasteiger charge is -2.25. The maximum atomic E-state index is 14.1. The fraction of sp³-hybridized carbons (Fsp3) is 0.235. The number of hydrogen-bond acceptors (Lipinski definition) is 3. The minimum absolute atomic E-state index is 0.219. The van der Waals surface area contributed by atoms with Crippen LogP contribution in [-0.2, 0) is 0 Å². The van der Waals surface area contributed by atoms with Crippen LogP contribution in [0.25, 0.3) is 5.65 Å². The van der Waals surface area contributed by atoms with Gasteiger partial charge >= 0.3 is 0 Å². The van der Waals surface area contributed by atoms with E-state index in [0.29, 0.717) is 24.3 Å². The van der Waals surface area contributed by atoms with E-state index in [9.17, 15) is 13.6 Å². The van der Waals surface area contributed by atoms with Crippen molar-refractivity contribution < 1.29 is 13.6 Å². The van der Waals surface area contributed by atoms with E-state index in [0.717, 1.165) is 18.6 Å². The molecule has 24 heavy (non-hydrogen) atoms. The summed E-state index contributed by atoms with van der Waals surface area (Å²) in [5, 5.41) is 0. The van der Waals surface area contributed by atoms with Gasteiger partial charge in [0.15, 0.2) is 5.65 Å². The number of fused-ring (bicyclic) bond motifs is 1. The second-order valence-corrected chi connectivity index (χ2v) is 5.77. The molecule has 0 N–H and O–H groups in total. The summed E-state index contributed by atoms with van der Waals surface area (Å²) in [4.78, 5) is 22.6. The fourth-order valence-electron chi connectivity index (χ4n) is 3.25. The Balaban J connectivity index is 1.72. The summed E-state index contributed by atoms with van der Waals surface area (Å²) < 4.78 is 29.3. The molecule has 3 aromatic rings. The zero-order valence-electron chi connectivity index (χ0n) is 12.7. The smallest absolute Gasteiger partial charge is 0.273 e. The van der Waals surface area contributed by atoms with Crippen molar-refractivity contribution >= 4 is 11.6 Å². The highest BCUT2D eigenvalue weighted by atomic mass is 19.1. The molecular formula is C17H14F2N4O. The number of carbonyl (C=O) groups excluding carboxylic acids is 1. The van der Waals surface area contributed by atoms with Crippen molar-refractivity contribution in [3.63, 3.8) is 0 Å². The van der Waals surface area contributed by atoms with Gasteiger partial charge in [0.05, 0.1) is 18.4 Å². The molecule has 1 saturated heterocycles. The van der Waals surface area contributed by atoms with Crippen LogP contribution in [0.3, 0.4) is 0 Å². The third kappa shape index (κ3) is 2.33. The summed E-state index contributed by atoms with van der Waals surface area (Å²) in [5.74, 6) is -1.25. The summed E-state index contributed by atoms with van der Waals surface area (Å²) in [7, 11) is 0. The molecule has 1 amide bonds. The number of amides is 1. The molecule has 1 aliphatic rings. The number of aromatic nitrogens is 3. The van der Waals surface area contributed by atoms with E-state index in [-0.39, 0.29) is 11.5 Å². The van der Waals surface area contributed by atoms with Gasteiger partial charge in [-0.2, -0.15) is 0 Å². The molecule has 1 fully saturated rings. The lowest BCUT2D eigenvalue weighted by molar-refractivity contribution is 0.0726. The molecule has 1 aliphatic heterocycles. The molecular weight excluding hydrogens is 314 g/mol. The van der Waals surface area contributed by atoms with Crippen LogP contribution in [0.15, 0.2) is 43.0 Å². The fourth-order valence-corrected chi connectivity index (χ4v) is 3.25. The van der Waals surface area contributed by atoms with Crippen LogP contribution in [0, 0.1) is 11.6 Å². The third-order valence-corrected chi connectivity index (χ3v) is 4.37. The van der Waals surface area contributed by atoms with Crippen LogP contribution >= 0.6 is 0 Å². The van der Waals surface area contributed by atoms with Gasteiger partial charge in [0.2, 0.25) is 0 Å². The first kappa shape index (κ1) is 14.7. The number of hydrogen-bond donors (Lipinski definition) is 0. The summed E-state index contributed by atoms with van der Waals surface area (Å²) in [6.07, 6.45) is 7.61. The Morgan fingerprint density at radius 2 is 2.12 bits per heavy atom. The average molecular weight is 328 g/mol. The predicted octanol–water partition coefficient (Wildman–Crippen LogP) is 2.98. The van der Waals surface area contributed by atoms with Gasteiger partial charge in [-0.15, -0.1) is 0 Å². The molecule has 0 radical (unpaired) electrons. The molecule has 5 nitrogen and oxygen atoms in total. The van der Waals surface area contributed by atoms with Crippen LogP contribution in [0.5, 0.6) is 0 Å². The van der Waals surface area contributed by atoms with Crippen molar-refractivity contribution in [1.82, 2.24) is 19.3 Å². The van der Waals surface area contributed by atoms with E-state index in [4.69, 9.17) is 0 Å². The van der Waals surface area contributed by atoms with Gasteiger partial charge in [-0.3, -0.25) is 14.2 Å². The van der Waals surface area contributed by atoms with E-state index in [2.05, 4.69) is 9.97 Å². The Morgan fingerprint density at radius 1 is 1.25 bits per heavy atom. The Labute approximate surface area is 136 Å². The summed E-state index contributed by atoms with van der Waals surface area (Å²) in [6, 6.07) is 2.88. The summed E-state index contributed by atoms with van der Waals surface area (Å²) >= 11 is 0. The molecule has 3 heterocycles. The van der Waals surface area contributed by atoms with Gasteiger partial charge in [-0.05, 0) is 31.0 Å². The topological polar surface area (TPSA) is 50.5 Å². The van der Waals surface area contributed by atoms with Gasteiger partial charge in [0, 0.05) is 24.5 Å². The summed E-state index contributed by atoms with van der Waals surface area (Å²) in [5.41, 5.74) is 1.17. The molecule has 2 aromatic heterocycles. The molecule has 1 aromatic carbocycles. The minimum atomic E-state index is -0.508. The maximum Gasteiger partial charge on any atom is 0.273 e. The van der Waals surface area contributed by atoms with Crippen molar-refractivity contribution in [1.29, 1.82) is 0 Å². The number of nitrogens with zero attached hydrogens (tertiary/aromatic N) is 4. The normalized spacial score (nSPS) is 17.6. The van der Waals surface area contributed by atoms with E-state index >= 15 is 0 Å². The molecule has 1 atom stereocenters. The summed E-state index contributed by atoms with van der Waals surface area (Å²) in [6.45, 7) is 0.498. The number of likely N-dealkylation sites (tertiary alicyclic amines) is 1. The van der Waals surface area contributed by atoms with Crippen LogP contribution in [0.4, 0.5) is 8.78 Å². The van der Waals surface area contributed by atoms with E-state index in [1.165, 1.54) is 12.3 Å². The van der Waals surface area contributed by atoms with Gasteiger partial charge in [-0.1, -0.05) is 0 Å². The molecule has 0 aliphatic carbocycles. The lowest BCUT2D eigenvalue weighted by atomic mass is 10.0. The van der Waals surface area contributed by atoms with Crippen molar-refractivity contribution in [3.05, 3.63) is 65.9 Å². The molecule has 0 bridgehead atoms. The second-order valence-electron chi connectivity index (χ2n) is 5.77. The molecule has 7 heteroatoms. The molecule has 4 rings (SSSR count). The van der Waals surface area contributed by atoms with Gasteiger partial charge in [-0.25, -0.2) is 13.8 Å². The zero-order chi connectivity index (χ0) is 16.7.